The van der Waals surface area contributed by atoms with Crippen LogP contribution in [0.5, 0.6) is 0 Å². The molecule has 0 amide bonds. The van der Waals surface area contributed by atoms with Gasteiger partial charge in [-0.3, -0.25) is 4.99 Å². The van der Waals surface area contributed by atoms with E-state index in [2.05, 4.69) is 32.0 Å². The second-order valence-corrected chi connectivity index (χ2v) is 3.88. The van der Waals surface area contributed by atoms with Gasteiger partial charge >= 0.3 is 0 Å². The van der Waals surface area contributed by atoms with E-state index in [0.29, 0.717) is 6.04 Å². The molecule has 0 aliphatic heterocycles. The molecule has 1 aliphatic rings. The maximum atomic E-state index is 4.38. The van der Waals surface area contributed by atoms with Crippen molar-refractivity contribution in [1.29, 1.82) is 0 Å². The van der Waals surface area contributed by atoms with Crippen molar-refractivity contribution in [2.75, 3.05) is 0 Å². The molecule has 0 heterocycles. The summed E-state index contributed by atoms with van der Waals surface area (Å²) in [4.78, 5) is 4.38. The van der Waals surface area contributed by atoms with Crippen LogP contribution in [0.15, 0.2) is 4.99 Å². The maximum absolute atomic E-state index is 4.38. The molecule has 9 heavy (non-hydrogen) atoms. The van der Waals surface area contributed by atoms with Gasteiger partial charge in [-0.2, -0.15) is 0 Å². The first-order valence-corrected chi connectivity index (χ1v) is 3.62. The Morgan fingerprint density at radius 1 is 1.33 bits per heavy atom. The molecular formula is C8H15N. The summed E-state index contributed by atoms with van der Waals surface area (Å²) in [6.07, 6.45) is 4.70. The number of nitrogens with zero attached hydrogens (tertiary/aromatic N) is 1. The lowest BCUT2D eigenvalue weighted by molar-refractivity contribution is 0.604. The normalized spacial score (nSPS) is 21.2. The van der Waals surface area contributed by atoms with E-state index in [-0.39, 0.29) is 5.41 Å². The summed E-state index contributed by atoms with van der Waals surface area (Å²) in [5, 5.41) is 0. The predicted octanol–water partition coefficient (Wildman–Crippen LogP) is 2.27. The van der Waals surface area contributed by atoms with Crippen LogP contribution in [0, 0.1) is 5.41 Å². The molecule has 0 aromatic heterocycles. The third-order valence-electron chi connectivity index (χ3n) is 1.22. The summed E-state index contributed by atoms with van der Waals surface area (Å²) >= 11 is 0. The van der Waals surface area contributed by atoms with Crippen LogP contribution in [0.3, 0.4) is 0 Å². The third kappa shape index (κ3) is 3.28. The van der Waals surface area contributed by atoms with Crippen LogP contribution in [0.2, 0.25) is 0 Å². The van der Waals surface area contributed by atoms with Crippen LogP contribution in [-0.4, -0.2) is 12.3 Å². The van der Waals surface area contributed by atoms with Crippen molar-refractivity contribution in [1.82, 2.24) is 0 Å². The highest BCUT2D eigenvalue weighted by atomic mass is 14.8. The summed E-state index contributed by atoms with van der Waals surface area (Å²) in [6.45, 7) is 6.54. The van der Waals surface area contributed by atoms with E-state index in [9.17, 15) is 0 Å². The third-order valence-corrected chi connectivity index (χ3v) is 1.22. The first-order valence-electron chi connectivity index (χ1n) is 3.62. The van der Waals surface area contributed by atoms with Crippen LogP contribution >= 0.6 is 0 Å². The van der Waals surface area contributed by atoms with Crippen molar-refractivity contribution >= 4 is 6.21 Å². The molecule has 1 fully saturated rings. The summed E-state index contributed by atoms with van der Waals surface area (Å²) in [6, 6.07) is 0.684. The van der Waals surface area contributed by atoms with Crippen molar-refractivity contribution in [2.45, 2.75) is 39.7 Å². The molecule has 1 aliphatic carbocycles. The van der Waals surface area contributed by atoms with Gasteiger partial charge < -0.3 is 0 Å². The largest absolute Gasteiger partial charge is 0.294 e. The van der Waals surface area contributed by atoms with E-state index in [1.165, 1.54) is 12.8 Å². The van der Waals surface area contributed by atoms with Crippen LogP contribution in [0.1, 0.15) is 33.6 Å². The smallest absolute Gasteiger partial charge is 0.0497 e. The number of hydrogen-bond acceptors (Lipinski definition) is 1. The molecule has 0 atom stereocenters. The maximum Gasteiger partial charge on any atom is 0.0497 e. The van der Waals surface area contributed by atoms with Crippen LogP contribution in [0.4, 0.5) is 0 Å². The highest BCUT2D eigenvalue weighted by Gasteiger charge is 2.19. The molecule has 0 radical (unpaired) electrons. The minimum atomic E-state index is 0.280. The van der Waals surface area contributed by atoms with E-state index < -0.39 is 0 Å². The number of rotatable bonds is 1. The number of hydrogen-bond donors (Lipinski definition) is 0. The molecule has 0 spiro atoms. The zero-order chi connectivity index (χ0) is 6.91. The minimum absolute atomic E-state index is 0.280. The Kier molecular flexibility index (Phi) is 1.60. The highest BCUT2D eigenvalue weighted by Crippen LogP contribution is 2.24. The fraction of sp³-hybridized carbons (Fsp3) is 0.875. The molecule has 1 rings (SSSR count). The van der Waals surface area contributed by atoms with Gasteiger partial charge in [0.05, 0.1) is 0 Å². The van der Waals surface area contributed by atoms with Gasteiger partial charge in [0.25, 0.3) is 0 Å². The van der Waals surface area contributed by atoms with Crippen molar-refractivity contribution in [3.63, 3.8) is 0 Å². The monoisotopic (exact) mass is 125 g/mol. The van der Waals surface area contributed by atoms with Gasteiger partial charge in [0.15, 0.2) is 0 Å². The topological polar surface area (TPSA) is 12.4 Å². The van der Waals surface area contributed by atoms with Crippen molar-refractivity contribution in [3.8, 4) is 0 Å². The fourth-order valence-corrected chi connectivity index (χ4v) is 0.553. The molecular weight excluding hydrogens is 110 g/mol. The standard InChI is InChI=1S/C8H15N/c1-8(2,3)6-9-7-4-5-7/h6-7H,4-5H2,1-3H3. The van der Waals surface area contributed by atoms with E-state index in [4.69, 9.17) is 0 Å². The Bertz CT molecular complexity index is 115. The Hall–Kier alpha value is -0.330. The SMILES string of the molecule is CC(C)(C)C=NC1CC1. The Morgan fingerprint density at radius 2 is 1.89 bits per heavy atom. The first-order chi connectivity index (χ1) is 4.08. The average molecular weight is 125 g/mol. The Balaban J connectivity index is 2.29. The lowest BCUT2D eigenvalue weighted by Gasteiger charge is -2.09. The average Bonchev–Trinajstić information content (AvgIpc) is 2.38. The molecule has 0 aromatic rings. The molecule has 1 saturated carbocycles. The van der Waals surface area contributed by atoms with E-state index in [1.807, 2.05) is 0 Å². The van der Waals surface area contributed by atoms with Gasteiger partial charge in [0, 0.05) is 12.3 Å². The minimum Gasteiger partial charge on any atom is -0.294 e. The lowest BCUT2D eigenvalue weighted by atomic mass is 9.99. The van der Waals surface area contributed by atoms with Gasteiger partial charge in [-0.15, -0.1) is 0 Å². The van der Waals surface area contributed by atoms with Crippen molar-refractivity contribution < 1.29 is 0 Å². The second kappa shape index (κ2) is 2.13. The van der Waals surface area contributed by atoms with Crippen molar-refractivity contribution in [3.05, 3.63) is 0 Å². The fourth-order valence-electron chi connectivity index (χ4n) is 0.553. The van der Waals surface area contributed by atoms with E-state index in [0.717, 1.165) is 0 Å². The highest BCUT2D eigenvalue weighted by molar-refractivity contribution is 5.64. The predicted molar refractivity (Wildman–Crippen MR) is 41.0 cm³/mol. The van der Waals surface area contributed by atoms with Crippen LogP contribution < -0.4 is 0 Å². The van der Waals surface area contributed by atoms with Gasteiger partial charge in [-0.1, -0.05) is 20.8 Å². The van der Waals surface area contributed by atoms with Gasteiger partial charge in [-0.25, -0.2) is 0 Å². The molecule has 1 heteroatoms. The second-order valence-electron chi connectivity index (χ2n) is 3.88. The zero-order valence-corrected chi connectivity index (χ0v) is 6.52. The summed E-state index contributed by atoms with van der Waals surface area (Å²) < 4.78 is 0. The summed E-state index contributed by atoms with van der Waals surface area (Å²) in [7, 11) is 0. The molecule has 0 saturated heterocycles. The Morgan fingerprint density at radius 3 is 2.22 bits per heavy atom. The van der Waals surface area contributed by atoms with Gasteiger partial charge in [0.2, 0.25) is 0 Å². The van der Waals surface area contributed by atoms with E-state index in [1.54, 1.807) is 0 Å². The van der Waals surface area contributed by atoms with Gasteiger partial charge in [0.1, 0.15) is 0 Å². The summed E-state index contributed by atoms with van der Waals surface area (Å²) in [5.74, 6) is 0. The lowest BCUT2D eigenvalue weighted by Crippen LogP contribution is -2.06. The van der Waals surface area contributed by atoms with Gasteiger partial charge in [-0.05, 0) is 18.3 Å². The summed E-state index contributed by atoms with van der Waals surface area (Å²) in [5.41, 5.74) is 0.280. The molecule has 0 aromatic carbocycles. The molecule has 52 valence electrons. The van der Waals surface area contributed by atoms with Crippen LogP contribution in [0.25, 0.3) is 0 Å². The number of aliphatic imine (C=N–C) groups is 1. The zero-order valence-electron chi connectivity index (χ0n) is 6.52. The van der Waals surface area contributed by atoms with E-state index >= 15 is 0 Å². The molecule has 0 bridgehead atoms. The first kappa shape index (κ1) is 6.79. The molecule has 1 nitrogen and oxygen atoms in total. The van der Waals surface area contributed by atoms with Crippen molar-refractivity contribution in [2.24, 2.45) is 10.4 Å². The van der Waals surface area contributed by atoms with Crippen LogP contribution in [-0.2, 0) is 0 Å². The Labute approximate surface area is 57.2 Å². The molecule has 0 unspecified atom stereocenters. The molecule has 0 N–H and O–H groups in total. The quantitative estimate of drug-likeness (QED) is 0.477.